The van der Waals surface area contributed by atoms with Gasteiger partial charge in [-0.05, 0) is 53.9 Å². The number of anilines is 1. The summed E-state index contributed by atoms with van der Waals surface area (Å²) < 4.78 is 2.93. The number of carbonyl (C=O) groups excluding carboxylic acids is 1. The van der Waals surface area contributed by atoms with Gasteiger partial charge in [0.05, 0.1) is 5.75 Å². The summed E-state index contributed by atoms with van der Waals surface area (Å²) in [6.45, 7) is 4.22. The minimum absolute atomic E-state index is 0.0867. The van der Waals surface area contributed by atoms with Gasteiger partial charge in [-0.15, -0.1) is 10.2 Å². The Labute approximate surface area is 199 Å². The molecule has 0 aliphatic heterocycles. The van der Waals surface area contributed by atoms with E-state index in [4.69, 9.17) is 0 Å². The lowest BCUT2D eigenvalue weighted by atomic mass is 10.0. The number of hydrogen-bond donors (Lipinski definition) is 1. The minimum atomic E-state index is -0.0867. The van der Waals surface area contributed by atoms with Crippen LogP contribution in [0.25, 0.3) is 17.1 Å². The van der Waals surface area contributed by atoms with Gasteiger partial charge < -0.3 is 5.32 Å². The van der Waals surface area contributed by atoms with Crippen LogP contribution >= 0.6 is 27.7 Å². The molecule has 6 nitrogen and oxygen atoms in total. The third kappa shape index (κ3) is 5.08. The van der Waals surface area contributed by atoms with Crippen LogP contribution in [0.5, 0.6) is 0 Å². The Kier molecular flexibility index (Phi) is 7.02. The largest absolute Gasteiger partial charge is 0.325 e. The van der Waals surface area contributed by atoms with Crippen molar-refractivity contribution in [3.8, 4) is 17.1 Å². The molecule has 4 rings (SSSR count). The highest BCUT2D eigenvalue weighted by molar-refractivity contribution is 9.10. The normalized spacial score (nSPS) is 11.0. The smallest absolute Gasteiger partial charge is 0.234 e. The number of thioether (sulfide) groups is 1. The first-order valence-corrected chi connectivity index (χ1v) is 11.9. The second kappa shape index (κ2) is 10.1. The highest BCUT2D eigenvalue weighted by Gasteiger charge is 2.18. The van der Waals surface area contributed by atoms with Gasteiger partial charge in [0.1, 0.15) is 0 Å². The summed E-state index contributed by atoms with van der Waals surface area (Å²) in [4.78, 5) is 16.9. The molecule has 1 amide bonds. The van der Waals surface area contributed by atoms with E-state index in [2.05, 4.69) is 50.3 Å². The van der Waals surface area contributed by atoms with Crippen LogP contribution in [0.2, 0.25) is 0 Å². The molecule has 0 unspecified atom stereocenters. The van der Waals surface area contributed by atoms with Gasteiger partial charge >= 0.3 is 0 Å². The van der Waals surface area contributed by atoms with Gasteiger partial charge in [0.25, 0.3) is 0 Å². The van der Waals surface area contributed by atoms with E-state index in [1.165, 1.54) is 11.8 Å². The molecule has 162 valence electrons. The molecule has 8 heteroatoms. The molecule has 2 aromatic carbocycles. The van der Waals surface area contributed by atoms with Crippen molar-refractivity contribution in [2.45, 2.75) is 24.9 Å². The second-order valence-electron chi connectivity index (χ2n) is 7.44. The van der Waals surface area contributed by atoms with Gasteiger partial charge in [-0.25, -0.2) is 0 Å². The molecule has 0 fully saturated rings. The van der Waals surface area contributed by atoms with Gasteiger partial charge in [0, 0.05) is 33.8 Å². The fourth-order valence-electron chi connectivity index (χ4n) is 3.30. The van der Waals surface area contributed by atoms with Crippen LogP contribution in [-0.2, 0) is 4.79 Å². The van der Waals surface area contributed by atoms with Crippen molar-refractivity contribution in [1.29, 1.82) is 0 Å². The van der Waals surface area contributed by atoms with Crippen LogP contribution in [-0.4, -0.2) is 31.4 Å². The molecule has 0 aliphatic carbocycles. The molecular weight excluding hydrogens is 486 g/mol. The molecule has 0 atom stereocenters. The zero-order chi connectivity index (χ0) is 22.5. The minimum Gasteiger partial charge on any atom is -0.325 e. The van der Waals surface area contributed by atoms with Crippen LogP contribution < -0.4 is 5.32 Å². The average molecular weight is 508 g/mol. The predicted molar refractivity (Wildman–Crippen MR) is 132 cm³/mol. The summed E-state index contributed by atoms with van der Waals surface area (Å²) in [5.74, 6) is 1.13. The Morgan fingerprint density at radius 1 is 1.06 bits per heavy atom. The third-order valence-electron chi connectivity index (χ3n) is 4.83. The van der Waals surface area contributed by atoms with Crippen molar-refractivity contribution in [1.82, 2.24) is 19.7 Å². The van der Waals surface area contributed by atoms with E-state index in [9.17, 15) is 4.79 Å². The number of nitrogens with zero attached hydrogens (tertiary/aromatic N) is 4. The number of carbonyl (C=O) groups is 1. The zero-order valence-electron chi connectivity index (χ0n) is 17.7. The monoisotopic (exact) mass is 507 g/mol. The second-order valence-corrected chi connectivity index (χ2v) is 9.30. The van der Waals surface area contributed by atoms with Crippen LogP contribution in [0.3, 0.4) is 0 Å². The van der Waals surface area contributed by atoms with E-state index >= 15 is 0 Å². The van der Waals surface area contributed by atoms with Gasteiger partial charge in [0.2, 0.25) is 5.91 Å². The van der Waals surface area contributed by atoms with Crippen LogP contribution in [0.4, 0.5) is 5.69 Å². The number of nitrogens with one attached hydrogen (secondary N) is 1. The number of amides is 1. The molecule has 0 spiro atoms. The molecule has 4 aromatic rings. The van der Waals surface area contributed by atoms with Crippen LogP contribution in [0, 0.1) is 0 Å². The number of aromatic nitrogens is 4. The summed E-state index contributed by atoms with van der Waals surface area (Å²) in [6.07, 6.45) is 3.47. The summed E-state index contributed by atoms with van der Waals surface area (Å²) in [7, 11) is 0. The fraction of sp³-hybridized carbons (Fsp3) is 0.167. The lowest BCUT2D eigenvalue weighted by molar-refractivity contribution is -0.113. The maximum absolute atomic E-state index is 12.7. The van der Waals surface area contributed by atoms with E-state index in [1.54, 1.807) is 12.4 Å². The number of halogens is 1. The average Bonchev–Trinajstić information content (AvgIpc) is 3.23. The maximum atomic E-state index is 12.7. The first-order chi connectivity index (χ1) is 15.5. The van der Waals surface area contributed by atoms with Gasteiger partial charge in [-0.1, -0.05) is 59.7 Å². The van der Waals surface area contributed by atoms with Crippen molar-refractivity contribution in [2.24, 2.45) is 0 Å². The lowest BCUT2D eigenvalue weighted by Gasteiger charge is -2.14. The molecule has 0 saturated heterocycles. The Hall–Kier alpha value is -2.97. The first-order valence-electron chi connectivity index (χ1n) is 10.2. The number of pyridine rings is 1. The third-order valence-corrected chi connectivity index (χ3v) is 6.28. The number of para-hydroxylation sites is 1. The van der Waals surface area contributed by atoms with Crippen LogP contribution in [0.1, 0.15) is 25.3 Å². The van der Waals surface area contributed by atoms with E-state index in [0.29, 0.717) is 16.9 Å². The Morgan fingerprint density at radius 3 is 2.56 bits per heavy atom. The number of rotatable bonds is 7. The summed E-state index contributed by atoms with van der Waals surface area (Å²) >= 11 is 4.83. The molecule has 32 heavy (non-hydrogen) atoms. The molecule has 0 aliphatic rings. The number of hydrogen-bond acceptors (Lipinski definition) is 5. The standard InChI is InChI=1S/C24H22BrN5OS/c1-16(2)20-7-3-4-8-21(20)27-22(31)15-32-24-29-28-23(17-6-5-13-26-14-17)30(24)19-11-9-18(25)10-12-19/h3-14,16H,15H2,1-2H3,(H,27,31). The molecule has 2 aromatic heterocycles. The van der Waals surface area contributed by atoms with E-state index < -0.39 is 0 Å². The van der Waals surface area contributed by atoms with Crippen molar-refractivity contribution in [3.63, 3.8) is 0 Å². The topological polar surface area (TPSA) is 72.7 Å². The fourth-order valence-corrected chi connectivity index (χ4v) is 4.32. The van der Waals surface area contributed by atoms with Crippen molar-refractivity contribution in [2.75, 3.05) is 11.1 Å². The quantitative estimate of drug-likeness (QED) is 0.313. The van der Waals surface area contributed by atoms with E-state index in [-0.39, 0.29) is 11.7 Å². The maximum Gasteiger partial charge on any atom is 0.234 e. The summed E-state index contributed by atoms with van der Waals surface area (Å²) in [5.41, 5.74) is 3.72. The SMILES string of the molecule is CC(C)c1ccccc1NC(=O)CSc1nnc(-c2cccnc2)n1-c1ccc(Br)cc1. The Bertz CT molecular complexity index is 1210. The Balaban J connectivity index is 1.58. The zero-order valence-corrected chi connectivity index (χ0v) is 20.1. The highest BCUT2D eigenvalue weighted by Crippen LogP contribution is 2.29. The molecule has 0 bridgehead atoms. The van der Waals surface area contributed by atoms with Gasteiger partial charge in [-0.2, -0.15) is 0 Å². The van der Waals surface area contributed by atoms with Crippen molar-refractivity contribution >= 4 is 39.3 Å². The molecule has 2 heterocycles. The summed E-state index contributed by atoms with van der Waals surface area (Å²) in [6, 6.07) is 19.6. The molecule has 1 N–H and O–H groups in total. The predicted octanol–water partition coefficient (Wildman–Crippen LogP) is 5.95. The van der Waals surface area contributed by atoms with E-state index in [1.807, 2.05) is 65.2 Å². The molecule has 0 saturated carbocycles. The van der Waals surface area contributed by atoms with E-state index in [0.717, 1.165) is 27.0 Å². The molecular formula is C24H22BrN5OS. The Morgan fingerprint density at radius 2 is 1.84 bits per heavy atom. The number of benzene rings is 2. The first kappa shape index (κ1) is 22.2. The van der Waals surface area contributed by atoms with Gasteiger partial charge in [-0.3, -0.25) is 14.3 Å². The lowest BCUT2D eigenvalue weighted by Crippen LogP contribution is -2.16. The summed E-state index contributed by atoms with van der Waals surface area (Å²) in [5, 5.41) is 12.4. The van der Waals surface area contributed by atoms with Crippen LogP contribution in [0.15, 0.2) is 82.7 Å². The van der Waals surface area contributed by atoms with Crippen molar-refractivity contribution < 1.29 is 4.79 Å². The molecule has 0 radical (unpaired) electrons. The van der Waals surface area contributed by atoms with Gasteiger partial charge in [0.15, 0.2) is 11.0 Å². The highest BCUT2D eigenvalue weighted by atomic mass is 79.9. The van der Waals surface area contributed by atoms with Crippen molar-refractivity contribution in [3.05, 3.63) is 83.1 Å².